The van der Waals surface area contributed by atoms with Crippen LogP contribution in [0.1, 0.15) is 11.5 Å². The summed E-state index contributed by atoms with van der Waals surface area (Å²) in [6, 6.07) is 7.96. The van der Waals surface area contributed by atoms with Crippen LogP contribution < -0.4 is 4.74 Å². The van der Waals surface area contributed by atoms with Crippen molar-refractivity contribution in [1.82, 2.24) is 9.46 Å². The van der Waals surface area contributed by atoms with Crippen LogP contribution in [0.5, 0.6) is 5.75 Å². The molecule has 1 aromatic carbocycles. The number of aryl methyl sites for hydroxylation is 1. The zero-order chi connectivity index (χ0) is 14.8. The fourth-order valence-electron chi connectivity index (χ4n) is 1.73. The lowest BCUT2D eigenvalue weighted by Gasteiger charge is -2.15. The molecule has 1 heterocycles. The number of methoxy groups -OCH3 is 1. The Hall–Kier alpha value is -1.86. The minimum absolute atomic E-state index is 0.158. The Morgan fingerprint density at radius 3 is 2.45 bits per heavy atom. The van der Waals surface area contributed by atoms with Gasteiger partial charge in [-0.2, -0.15) is 4.31 Å². The van der Waals surface area contributed by atoms with Gasteiger partial charge < -0.3 is 9.26 Å². The molecule has 0 radical (unpaired) electrons. The molecule has 0 aliphatic carbocycles. The molecule has 20 heavy (non-hydrogen) atoms. The van der Waals surface area contributed by atoms with E-state index in [0.29, 0.717) is 17.2 Å². The van der Waals surface area contributed by atoms with Crippen LogP contribution in [0.4, 0.5) is 0 Å². The van der Waals surface area contributed by atoms with E-state index in [1.165, 1.54) is 30.6 Å². The van der Waals surface area contributed by atoms with Crippen molar-refractivity contribution in [1.29, 1.82) is 0 Å². The molecule has 0 aliphatic heterocycles. The van der Waals surface area contributed by atoms with E-state index in [-0.39, 0.29) is 11.4 Å². The monoisotopic (exact) mass is 296 g/mol. The second-order valence-electron chi connectivity index (χ2n) is 4.37. The predicted octanol–water partition coefficient (Wildman–Crippen LogP) is 1.81. The summed E-state index contributed by atoms with van der Waals surface area (Å²) in [6.07, 6.45) is 0. The van der Waals surface area contributed by atoms with E-state index >= 15 is 0 Å². The number of rotatable bonds is 5. The van der Waals surface area contributed by atoms with Gasteiger partial charge in [0.15, 0.2) is 0 Å². The lowest BCUT2D eigenvalue weighted by atomic mass is 10.3. The molecule has 7 heteroatoms. The molecule has 1 aromatic heterocycles. The second kappa shape index (κ2) is 5.64. The summed E-state index contributed by atoms with van der Waals surface area (Å²) in [6.45, 7) is 1.92. The van der Waals surface area contributed by atoms with Gasteiger partial charge in [-0.1, -0.05) is 5.16 Å². The summed E-state index contributed by atoms with van der Waals surface area (Å²) in [5.41, 5.74) is 0.571. The lowest BCUT2D eigenvalue weighted by molar-refractivity contribution is 0.378. The van der Waals surface area contributed by atoms with E-state index in [2.05, 4.69) is 5.16 Å². The van der Waals surface area contributed by atoms with Gasteiger partial charge in [-0.3, -0.25) is 0 Å². The number of nitrogens with zero attached hydrogens (tertiary/aromatic N) is 2. The number of ether oxygens (including phenoxy) is 1. The first-order valence-corrected chi connectivity index (χ1v) is 7.40. The maximum atomic E-state index is 12.4. The van der Waals surface area contributed by atoms with Crippen molar-refractivity contribution < 1.29 is 17.7 Å². The van der Waals surface area contributed by atoms with Gasteiger partial charge >= 0.3 is 0 Å². The minimum atomic E-state index is -3.56. The Balaban J connectivity index is 2.19. The van der Waals surface area contributed by atoms with Crippen LogP contribution in [0.2, 0.25) is 0 Å². The van der Waals surface area contributed by atoms with Gasteiger partial charge in [0, 0.05) is 13.1 Å². The molecule has 0 N–H and O–H groups in total. The van der Waals surface area contributed by atoms with Crippen molar-refractivity contribution >= 4 is 10.0 Å². The van der Waals surface area contributed by atoms with Crippen LogP contribution in [-0.2, 0) is 16.6 Å². The molecule has 2 rings (SSSR count). The SMILES string of the molecule is COc1ccc(S(=O)(=O)N(C)Cc2cc(C)on2)cc1. The molecule has 0 amide bonds. The van der Waals surface area contributed by atoms with Crippen molar-refractivity contribution in [3.05, 3.63) is 41.8 Å². The van der Waals surface area contributed by atoms with E-state index in [4.69, 9.17) is 9.26 Å². The van der Waals surface area contributed by atoms with Crippen LogP contribution in [0.25, 0.3) is 0 Å². The van der Waals surface area contributed by atoms with E-state index < -0.39 is 10.0 Å². The smallest absolute Gasteiger partial charge is 0.243 e. The molecule has 6 nitrogen and oxygen atoms in total. The third-order valence-corrected chi connectivity index (χ3v) is 4.65. The van der Waals surface area contributed by atoms with Crippen LogP contribution in [0, 0.1) is 6.92 Å². The fourth-order valence-corrected chi connectivity index (χ4v) is 2.88. The summed E-state index contributed by atoms with van der Waals surface area (Å²) in [5, 5.41) is 3.79. The molecule has 2 aromatic rings. The van der Waals surface area contributed by atoms with Crippen molar-refractivity contribution in [3.8, 4) is 5.75 Å². The fraction of sp³-hybridized carbons (Fsp3) is 0.308. The Bertz CT molecular complexity index is 677. The average molecular weight is 296 g/mol. The average Bonchev–Trinajstić information content (AvgIpc) is 2.84. The van der Waals surface area contributed by atoms with Crippen LogP contribution in [0.15, 0.2) is 39.8 Å². The number of hydrogen-bond acceptors (Lipinski definition) is 5. The van der Waals surface area contributed by atoms with Crippen molar-refractivity contribution in [2.75, 3.05) is 14.2 Å². The molecule has 108 valence electrons. The van der Waals surface area contributed by atoms with E-state index in [0.717, 1.165) is 0 Å². The highest BCUT2D eigenvalue weighted by molar-refractivity contribution is 7.89. The summed E-state index contributed by atoms with van der Waals surface area (Å²) in [5.74, 6) is 1.26. The molecular weight excluding hydrogens is 280 g/mol. The molecule has 0 unspecified atom stereocenters. The topological polar surface area (TPSA) is 72.6 Å². The van der Waals surface area contributed by atoms with Gasteiger partial charge in [0.1, 0.15) is 11.5 Å². The van der Waals surface area contributed by atoms with E-state index in [1.54, 1.807) is 25.1 Å². The van der Waals surface area contributed by atoms with Gasteiger partial charge in [-0.25, -0.2) is 8.42 Å². The number of hydrogen-bond donors (Lipinski definition) is 0. The van der Waals surface area contributed by atoms with Crippen molar-refractivity contribution in [2.45, 2.75) is 18.4 Å². The van der Waals surface area contributed by atoms with Gasteiger partial charge in [0.2, 0.25) is 10.0 Å². The third kappa shape index (κ3) is 3.00. The van der Waals surface area contributed by atoms with Crippen molar-refractivity contribution in [3.63, 3.8) is 0 Å². The summed E-state index contributed by atoms with van der Waals surface area (Å²) >= 11 is 0. The quantitative estimate of drug-likeness (QED) is 0.841. The zero-order valence-corrected chi connectivity index (χ0v) is 12.3. The Kier molecular flexibility index (Phi) is 4.10. The summed E-state index contributed by atoms with van der Waals surface area (Å²) < 4.78 is 35.9. The minimum Gasteiger partial charge on any atom is -0.497 e. The van der Waals surface area contributed by atoms with Gasteiger partial charge in [-0.05, 0) is 31.2 Å². The Labute approximate surface area is 118 Å². The lowest BCUT2D eigenvalue weighted by Crippen LogP contribution is -2.26. The maximum absolute atomic E-state index is 12.4. The third-order valence-electron chi connectivity index (χ3n) is 2.83. The first-order chi connectivity index (χ1) is 9.43. The number of sulfonamides is 1. The van der Waals surface area contributed by atoms with Crippen molar-refractivity contribution in [2.24, 2.45) is 0 Å². The molecular formula is C13H16N2O4S. The highest BCUT2D eigenvalue weighted by atomic mass is 32.2. The van der Waals surface area contributed by atoms with E-state index in [1.807, 2.05) is 0 Å². The number of aromatic nitrogens is 1. The molecule has 0 saturated carbocycles. The largest absolute Gasteiger partial charge is 0.497 e. The molecule has 0 atom stereocenters. The summed E-state index contributed by atoms with van der Waals surface area (Å²) in [7, 11) is -0.523. The highest BCUT2D eigenvalue weighted by Gasteiger charge is 2.21. The molecule has 0 spiro atoms. The van der Waals surface area contributed by atoms with Crippen LogP contribution in [-0.4, -0.2) is 32.0 Å². The maximum Gasteiger partial charge on any atom is 0.243 e. The normalized spacial score (nSPS) is 11.8. The first-order valence-electron chi connectivity index (χ1n) is 5.96. The van der Waals surface area contributed by atoms with Crippen LogP contribution >= 0.6 is 0 Å². The molecule has 0 aliphatic rings. The van der Waals surface area contributed by atoms with Crippen LogP contribution in [0.3, 0.4) is 0 Å². The van der Waals surface area contributed by atoms with Gasteiger partial charge in [-0.15, -0.1) is 0 Å². The van der Waals surface area contributed by atoms with E-state index in [9.17, 15) is 8.42 Å². The first kappa shape index (κ1) is 14.5. The zero-order valence-electron chi connectivity index (χ0n) is 11.5. The second-order valence-corrected chi connectivity index (χ2v) is 6.41. The number of benzene rings is 1. The molecule has 0 saturated heterocycles. The Morgan fingerprint density at radius 2 is 1.95 bits per heavy atom. The Morgan fingerprint density at radius 1 is 1.30 bits per heavy atom. The van der Waals surface area contributed by atoms with Gasteiger partial charge in [0.25, 0.3) is 0 Å². The van der Waals surface area contributed by atoms with Gasteiger partial charge in [0.05, 0.1) is 24.2 Å². The standard InChI is InChI=1S/C13H16N2O4S/c1-10-8-11(14-19-10)9-15(2)20(16,17)13-6-4-12(18-3)5-7-13/h4-8H,9H2,1-3H3. The molecule has 0 bridgehead atoms. The highest BCUT2D eigenvalue weighted by Crippen LogP contribution is 2.19. The summed E-state index contributed by atoms with van der Waals surface area (Å²) in [4.78, 5) is 0.209. The molecule has 0 fully saturated rings. The predicted molar refractivity (Wildman–Crippen MR) is 72.9 cm³/mol.